The average molecular weight is 268 g/mol. The summed E-state index contributed by atoms with van der Waals surface area (Å²) >= 11 is 0. The molecule has 0 aromatic heterocycles. The fourth-order valence-electron chi connectivity index (χ4n) is 2.28. The lowest BCUT2D eigenvalue weighted by Crippen LogP contribution is -2.38. The third-order valence-electron chi connectivity index (χ3n) is 3.41. The Hall–Kier alpha value is -2.13. The van der Waals surface area contributed by atoms with E-state index < -0.39 is 6.04 Å². The Bertz CT molecular complexity index is 581. The molecular formula is C17H20N2O. The minimum Gasteiger partial charge on any atom is -0.316 e. The number of para-hydroxylation sites is 1. The van der Waals surface area contributed by atoms with Crippen LogP contribution in [0.2, 0.25) is 0 Å². The van der Waals surface area contributed by atoms with Crippen LogP contribution < -0.4 is 10.6 Å². The zero-order valence-corrected chi connectivity index (χ0v) is 11.9. The molecule has 0 fully saturated rings. The second-order valence-electron chi connectivity index (χ2n) is 4.76. The predicted octanol–water partition coefficient (Wildman–Crippen LogP) is 3.05. The van der Waals surface area contributed by atoms with Gasteiger partial charge < -0.3 is 10.6 Å². The van der Waals surface area contributed by atoms with Gasteiger partial charge in [0.15, 0.2) is 0 Å². The van der Waals surface area contributed by atoms with Gasteiger partial charge in [-0.1, -0.05) is 48.5 Å². The van der Waals surface area contributed by atoms with E-state index in [1.54, 1.807) is 4.90 Å². The summed E-state index contributed by atoms with van der Waals surface area (Å²) < 4.78 is 0. The van der Waals surface area contributed by atoms with E-state index in [1.165, 1.54) is 0 Å². The van der Waals surface area contributed by atoms with Gasteiger partial charge in [0.2, 0.25) is 5.91 Å². The van der Waals surface area contributed by atoms with Crippen LogP contribution in [0.25, 0.3) is 0 Å². The lowest BCUT2D eigenvalue weighted by atomic mass is 10.1. The van der Waals surface area contributed by atoms with E-state index in [4.69, 9.17) is 5.73 Å². The van der Waals surface area contributed by atoms with Gasteiger partial charge in [-0.05, 0) is 31.0 Å². The van der Waals surface area contributed by atoms with Gasteiger partial charge in [-0.25, -0.2) is 0 Å². The smallest absolute Gasteiger partial charge is 0.248 e. The van der Waals surface area contributed by atoms with Crippen molar-refractivity contribution in [2.45, 2.75) is 19.9 Å². The quantitative estimate of drug-likeness (QED) is 0.926. The predicted molar refractivity (Wildman–Crippen MR) is 82.6 cm³/mol. The molecule has 0 aliphatic heterocycles. The molecule has 0 unspecified atom stereocenters. The lowest BCUT2D eigenvalue weighted by Gasteiger charge is -2.26. The van der Waals surface area contributed by atoms with Crippen molar-refractivity contribution in [3.63, 3.8) is 0 Å². The fourth-order valence-corrected chi connectivity index (χ4v) is 2.28. The molecule has 2 aromatic rings. The topological polar surface area (TPSA) is 46.3 Å². The van der Waals surface area contributed by atoms with Crippen LogP contribution in [0.5, 0.6) is 0 Å². The molecule has 3 nitrogen and oxygen atoms in total. The summed E-state index contributed by atoms with van der Waals surface area (Å²) in [5, 5.41) is 0. The normalized spacial score (nSPS) is 11.9. The van der Waals surface area contributed by atoms with Crippen molar-refractivity contribution in [3.05, 3.63) is 65.7 Å². The average Bonchev–Trinajstić information content (AvgIpc) is 2.50. The van der Waals surface area contributed by atoms with Crippen LogP contribution in [-0.4, -0.2) is 12.5 Å². The first-order chi connectivity index (χ1) is 9.65. The van der Waals surface area contributed by atoms with Crippen molar-refractivity contribution in [2.24, 2.45) is 5.73 Å². The van der Waals surface area contributed by atoms with Gasteiger partial charge >= 0.3 is 0 Å². The number of benzene rings is 2. The summed E-state index contributed by atoms with van der Waals surface area (Å²) in [7, 11) is 0. The maximum Gasteiger partial charge on any atom is 0.248 e. The number of nitrogens with zero attached hydrogens (tertiary/aromatic N) is 1. The highest BCUT2D eigenvalue weighted by Gasteiger charge is 2.23. The van der Waals surface area contributed by atoms with Gasteiger partial charge in [0.1, 0.15) is 6.04 Å². The van der Waals surface area contributed by atoms with E-state index in [2.05, 4.69) is 0 Å². The van der Waals surface area contributed by atoms with E-state index in [-0.39, 0.29) is 5.91 Å². The van der Waals surface area contributed by atoms with Gasteiger partial charge in [0.25, 0.3) is 0 Å². The summed E-state index contributed by atoms with van der Waals surface area (Å²) in [6, 6.07) is 16.7. The van der Waals surface area contributed by atoms with E-state index in [9.17, 15) is 4.79 Å². The Kier molecular flexibility index (Phi) is 4.53. The van der Waals surface area contributed by atoms with Crippen LogP contribution in [0.15, 0.2) is 54.6 Å². The number of aryl methyl sites for hydroxylation is 1. The molecule has 0 aliphatic rings. The molecule has 2 rings (SSSR count). The van der Waals surface area contributed by atoms with E-state index in [0.29, 0.717) is 6.54 Å². The molecule has 0 bridgehead atoms. The van der Waals surface area contributed by atoms with Crippen LogP contribution in [0.4, 0.5) is 5.69 Å². The molecule has 2 aromatic carbocycles. The van der Waals surface area contributed by atoms with E-state index >= 15 is 0 Å². The molecule has 0 radical (unpaired) electrons. The number of nitrogens with two attached hydrogens (primary N) is 1. The number of hydrogen-bond donors (Lipinski definition) is 1. The summed E-state index contributed by atoms with van der Waals surface area (Å²) in [4.78, 5) is 14.4. The fraction of sp³-hybridized carbons (Fsp3) is 0.235. The Morgan fingerprint density at radius 3 is 2.30 bits per heavy atom. The number of anilines is 1. The molecule has 0 aliphatic carbocycles. The number of rotatable bonds is 4. The van der Waals surface area contributed by atoms with Crippen molar-refractivity contribution < 1.29 is 4.79 Å². The van der Waals surface area contributed by atoms with Crippen LogP contribution in [0.3, 0.4) is 0 Å². The zero-order valence-electron chi connectivity index (χ0n) is 11.9. The molecular weight excluding hydrogens is 248 g/mol. The first-order valence-corrected chi connectivity index (χ1v) is 6.82. The summed E-state index contributed by atoms with van der Waals surface area (Å²) in [6.07, 6.45) is 0. The molecule has 0 saturated heterocycles. The largest absolute Gasteiger partial charge is 0.316 e. The second kappa shape index (κ2) is 6.35. The third-order valence-corrected chi connectivity index (χ3v) is 3.41. The highest BCUT2D eigenvalue weighted by Crippen LogP contribution is 2.22. The van der Waals surface area contributed by atoms with Crippen LogP contribution in [0.1, 0.15) is 24.1 Å². The Morgan fingerprint density at radius 2 is 1.70 bits per heavy atom. The van der Waals surface area contributed by atoms with Crippen molar-refractivity contribution in [1.29, 1.82) is 0 Å². The molecule has 20 heavy (non-hydrogen) atoms. The number of hydrogen-bond acceptors (Lipinski definition) is 2. The van der Waals surface area contributed by atoms with Crippen LogP contribution in [0, 0.1) is 6.92 Å². The van der Waals surface area contributed by atoms with Crippen molar-refractivity contribution in [2.75, 3.05) is 11.4 Å². The van der Waals surface area contributed by atoms with Crippen LogP contribution >= 0.6 is 0 Å². The van der Waals surface area contributed by atoms with Gasteiger partial charge in [0, 0.05) is 12.2 Å². The van der Waals surface area contributed by atoms with E-state index in [0.717, 1.165) is 16.8 Å². The lowest BCUT2D eigenvalue weighted by molar-refractivity contribution is -0.119. The number of carbonyl (C=O) groups is 1. The summed E-state index contributed by atoms with van der Waals surface area (Å²) in [5.41, 5.74) is 8.94. The molecule has 1 atom stereocenters. The molecule has 1 amide bonds. The minimum atomic E-state index is -0.629. The third kappa shape index (κ3) is 2.89. The van der Waals surface area contributed by atoms with Crippen molar-refractivity contribution >= 4 is 11.6 Å². The molecule has 2 N–H and O–H groups in total. The molecule has 0 spiro atoms. The van der Waals surface area contributed by atoms with E-state index in [1.807, 2.05) is 68.4 Å². The Labute approximate surface area is 120 Å². The number of likely N-dealkylation sites (N-methyl/N-ethyl adjacent to an activating group) is 1. The first-order valence-electron chi connectivity index (χ1n) is 6.82. The second-order valence-corrected chi connectivity index (χ2v) is 4.76. The highest BCUT2D eigenvalue weighted by molar-refractivity contribution is 5.98. The number of amides is 1. The molecule has 104 valence electrons. The molecule has 0 saturated carbocycles. The highest BCUT2D eigenvalue weighted by atomic mass is 16.2. The Balaban J connectivity index is 2.29. The van der Waals surface area contributed by atoms with Gasteiger partial charge in [-0.2, -0.15) is 0 Å². The first kappa shape index (κ1) is 14.3. The zero-order chi connectivity index (χ0) is 14.5. The summed E-state index contributed by atoms with van der Waals surface area (Å²) in [5.74, 6) is -0.0759. The van der Waals surface area contributed by atoms with Gasteiger partial charge in [-0.3, -0.25) is 4.79 Å². The maximum absolute atomic E-state index is 12.6. The summed E-state index contributed by atoms with van der Waals surface area (Å²) in [6.45, 7) is 4.56. The standard InChI is InChI=1S/C17H20N2O/c1-3-19(15-12-8-7-9-13(15)2)17(20)16(18)14-10-5-4-6-11-14/h4-12,16H,3,18H2,1-2H3/t16-/m0/s1. The molecule has 3 heteroatoms. The van der Waals surface area contributed by atoms with Crippen molar-refractivity contribution in [3.8, 4) is 0 Å². The molecule has 0 heterocycles. The monoisotopic (exact) mass is 268 g/mol. The van der Waals surface area contributed by atoms with Gasteiger partial charge in [0.05, 0.1) is 0 Å². The minimum absolute atomic E-state index is 0.0759. The Morgan fingerprint density at radius 1 is 1.10 bits per heavy atom. The SMILES string of the molecule is CCN(C(=O)[C@@H](N)c1ccccc1)c1ccccc1C. The van der Waals surface area contributed by atoms with Crippen LogP contribution in [-0.2, 0) is 4.79 Å². The van der Waals surface area contributed by atoms with Gasteiger partial charge in [-0.15, -0.1) is 0 Å². The van der Waals surface area contributed by atoms with Crippen molar-refractivity contribution in [1.82, 2.24) is 0 Å². The number of carbonyl (C=O) groups excluding carboxylic acids is 1. The maximum atomic E-state index is 12.6.